The predicted octanol–water partition coefficient (Wildman–Crippen LogP) is 3.04. The SMILES string of the molecule is O=S(O)CCCn1c(CCl)nc2cc(Cl)ccc21. The van der Waals surface area contributed by atoms with Crippen molar-refractivity contribution in [1.29, 1.82) is 0 Å². The monoisotopic (exact) mass is 306 g/mol. The Morgan fingerprint density at radius 2 is 2.22 bits per heavy atom. The second kappa shape index (κ2) is 6.02. The quantitative estimate of drug-likeness (QED) is 0.682. The molecule has 1 aromatic carbocycles. The van der Waals surface area contributed by atoms with Gasteiger partial charge < -0.3 is 9.12 Å². The van der Waals surface area contributed by atoms with Crippen molar-refractivity contribution in [3.63, 3.8) is 0 Å². The van der Waals surface area contributed by atoms with Crippen LogP contribution in [0, 0.1) is 0 Å². The van der Waals surface area contributed by atoms with E-state index >= 15 is 0 Å². The van der Waals surface area contributed by atoms with Gasteiger partial charge in [0.2, 0.25) is 0 Å². The van der Waals surface area contributed by atoms with E-state index in [-0.39, 0.29) is 5.75 Å². The molecule has 0 fully saturated rings. The minimum absolute atomic E-state index is 0.245. The standard InChI is InChI=1S/C11H12Cl2N2O2S/c12-7-11-14-9-6-8(13)2-3-10(9)15(11)4-1-5-18(16)17/h2-3,6H,1,4-5,7H2,(H,16,17). The first-order valence-electron chi connectivity index (χ1n) is 5.40. The lowest BCUT2D eigenvalue weighted by molar-refractivity contribution is 0.556. The van der Waals surface area contributed by atoms with Crippen LogP contribution in [0.4, 0.5) is 0 Å². The smallest absolute Gasteiger partial charge is 0.152 e. The van der Waals surface area contributed by atoms with Gasteiger partial charge in [0.15, 0.2) is 11.1 Å². The Hall–Kier alpha value is -0.620. The molecule has 2 rings (SSSR count). The molecule has 0 saturated heterocycles. The second-order valence-corrected chi connectivity index (χ2v) is 5.58. The van der Waals surface area contributed by atoms with E-state index in [0.29, 0.717) is 23.9 Å². The van der Waals surface area contributed by atoms with Crippen molar-refractivity contribution in [3.05, 3.63) is 29.0 Å². The summed E-state index contributed by atoms with van der Waals surface area (Å²) in [6.07, 6.45) is 0.598. The van der Waals surface area contributed by atoms with Crippen LogP contribution in [0.15, 0.2) is 18.2 Å². The summed E-state index contributed by atoms with van der Waals surface area (Å²) < 4.78 is 21.4. The molecule has 0 radical (unpaired) electrons. The summed E-state index contributed by atoms with van der Waals surface area (Å²) in [6, 6.07) is 5.47. The number of imidazole rings is 1. The summed E-state index contributed by atoms with van der Waals surface area (Å²) in [6.45, 7) is 0.618. The molecular weight excluding hydrogens is 295 g/mol. The second-order valence-electron chi connectivity index (χ2n) is 3.83. The van der Waals surface area contributed by atoms with Crippen LogP contribution in [0.2, 0.25) is 5.02 Å². The fraction of sp³-hybridized carbons (Fsp3) is 0.364. The molecular formula is C11H12Cl2N2O2S. The van der Waals surface area contributed by atoms with Crippen molar-refractivity contribution >= 4 is 45.3 Å². The highest BCUT2D eigenvalue weighted by atomic mass is 35.5. The van der Waals surface area contributed by atoms with Crippen molar-refractivity contribution in [3.8, 4) is 0 Å². The van der Waals surface area contributed by atoms with Gasteiger partial charge >= 0.3 is 0 Å². The van der Waals surface area contributed by atoms with Crippen LogP contribution in [-0.4, -0.2) is 24.1 Å². The van der Waals surface area contributed by atoms with E-state index < -0.39 is 11.1 Å². The van der Waals surface area contributed by atoms with E-state index in [2.05, 4.69) is 4.98 Å². The van der Waals surface area contributed by atoms with Crippen molar-refractivity contribution in [2.24, 2.45) is 0 Å². The van der Waals surface area contributed by atoms with E-state index in [1.165, 1.54) is 0 Å². The van der Waals surface area contributed by atoms with Crippen LogP contribution < -0.4 is 0 Å². The number of fused-ring (bicyclic) bond motifs is 1. The van der Waals surface area contributed by atoms with Crippen LogP contribution in [0.25, 0.3) is 11.0 Å². The number of hydrogen-bond donors (Lipinski definition) is 1. The van der Waals surface area contributed by atoms with Crippen LogP contribution in [0.5, 0.6) is 0 Å². The largest absolute Gasteiger partial charge is 0.327 e. The third-order valence-electron chi connectivity index (χ3n) is 2.61. The summed E-state index contributed by atoms with van der Waals surface area (Å²) in [7, 11) is 0. The summed E-state index contributed by atoms with van der Waals surface area (Å²) in [4.78, 5) is 4.40. The summed E-state index contributed by atoms with van der Waals surface area (Å²) >= 11 is 10.0. The van der Waals surface area contributed by atoms with Crippen LogP contribution in [-0.2, 0) is 23.5 Å². The molecule has 1 atom stereocenters. The fourth-order valence-electron chi connectivity index (χ4n) is 1.85. The predicted molar refractivity (Wildman–Crippen MR) is 74.6 cm³/mol. The van der Waals surface area contributed by atoms with Gasteiger partial charge in [-0.3, -0.25) is 0 Å². The lowest BCUT2D eigenvalue weighted by atomic mass is 10.3. The highest BCUT2D eigenvalue weighted by Gasteiger charge is 2.10. The summed E-state index contributed by atoms with van der Waals surface area (Å²) in [5.41, 5.74) is 1.74. The number of aromatic nitrogens is 2. The van der Waals surface area contributed by atoms with Crippen molar-refractivity contribution in [1.82, 2.24) is 9.55 Å². The van der Waals surface area contributed by atoms with E-state index in [1.54, 1.807) is 12.1 Å². The number of alkyl halides is 1. The fourth-order valence-corrected chi connectivity index (χ4v) is 2.60. The Morgan fingerprint density at radius 1 is 1.44 bits per heavy atom. The molecule has 1 aromatic heterocycles. The molecule has 0 aliphatic heterocycles. The van der Waals surface area contributed by atoms with Gasteiger partial charge in [0.05, 0.1) is 22.7 Å². The van der Waals surface area contributed by atoms with E-state index in [9.17, 15) is 4.21 Å². The van der Waals surface area contributed by atoms with Gasteiger partial charge in [-0.1, -0.05) is 11.6 Å². The molecule has 18 heavy (non-hydrogen) atoms. The molecule has 1 heterocycles. The zero-order valence-electron chi connectivity index (χ0n) is 9.47. The maximum Gasteiger partial charge on any atom is 0.152 e. The number of aryl methyl sites for hydroxylation is 1. The molecule has 7 heteroatoms. The topological polar surface area (TPSA) is 55.1 Å². The van der Waals surface area contributed by atoms with Gasteiger partial charge in [-0.05, 0) is 24.6 Å². The zero-order valence-corrected chi connectivity index (χ0v) is 11.8. The molecule has 4 nitrogen and oxygen atoms in total. The summed E-state index contributed by atoms with van der Waals surface area (Å²) in [5, 5.41) is 0.629. The minimum Gasteiger partial charge on any atom is -0.327 e. The van der Waals surface area contributed by atoms with Crippen molar-refractivity contribution in [2.75, 3.05) is 5.75 Å². The Balaban J connectivity index is 2.31. The first kappa shape index (κ1) is 13.8. The molecule has 0 spiro atoms. The van der Waals surface area contributed by atoms with Crippen LogP contribution in [0.3, 0.4) is 0 Å². The van der Waals surface area contributed by atoms with Crippen molar-refractivity contribution < 1.29 is 8.76 Å². The van der Waals surface area contributed by atoms with Crippen LogP contribution in [0.1, 0.15) is 12.2 Å². The first-order chi connectivity index (χ1) is 8.61. The highest BCUT2D eigenvalue weighted by molar-refractivity contribution is 7.79. The normalized spacial score (nSPS) is 13.1. The van der Waals surface area contributed by atoms with Gasteiger partial charge in [-0.2, -0.15) is 0 Å². The number of halogens is 2. The molecule has 1 N–H and O–H groups in total. The molecule has 0 bridgehead atoms. The lowest BCUT2D eigenvalue weighted by Gasteiger charge is -2.06. The van der Waals surface area contributed by atoms with Gasteiger partial charge in [-0.25, -0.2) is 9.19 Å². The molecule has 0 aliphatic carbocycles. The molecule has 0 saturated carbocycles. The van der Waals surface area contributed by atoms with Gasteiger partial charge in [0, 0.05) is 11.6 Å². The molecule has 98 valence electrons. The zero-order chi connectivity index (χ0) is 13.1. The first-order valence-corrected chi connectivity index (χ1v) is 7.58. The maximum atomic E-state index is 10.6. The average Bonchev–Trinajstić information content (AvgIpc) is 2.66. The van der Waals surface area contributed by atoms with Gasteiger partial charge in [-0.15, -0.1) is 11.6 Å². The number of nitrogens with zero attached hydrogens (tertiary/aromatic N) is 2. The van der Waals surface area contributed by atoms with Crippen LogP contribution >= 0.6 is 23.2 Å². The number of benzene rings is 1. The number of hydrogen-bond acceptors (Lipinski definition) is 2. The number of rotatable bonds is 5. The van der Waals surface area contributed by atoms with E-state index in [4.69, 9.17) is 27.8 Å². The average molecular weight is 307 g/mol. The molecule has 0 amide bonds. The highest BCUT2D eigenvalue weighted by Crippen LogP contribution is 2.21. The Bertz CT molecular complexity index is 586. The van der Waals surface area contributed by atoms with Gasteiger partial charge in [0.1, 0.15) is 5.82 Å². The lowest BCUT2D eigenvalue weighted by Crippen LogP contribution is -2.06. The minimum atomic E-state index is -1.76. The molecule has 2 aromatic rings. The summed E-state index contributed by atoms with van der Waals surface area (Å²) in [5.74, 6) is 1.29. The third kappa shape index (κ3) is 3.03. The third-order valence-corrected chi connectivity index (χ3v) is 3.72. The van der Waals surface area contributed by atoms with Crippen molar-refractivity contribution in [2.45, 2.75) is 18.8 Å². The van der Waals surface area contributed by atoms with E-state index in [1.807, 2.05) is 10.6 Å². The maximum absolute atomic E-state index is 10.6. The van der Waals surface area contributed by atoms with Gasteiger partial charge in [0.25, 0.3) is 0 Å². The Kier molecular flexibility index (Phi) is 4.61. The van der Waals surface area contributed by atoms with E-state index in [0.717, 1.165) is 16.9 Å². The molecule has 0 aliphatic rings. The Morgan fingerprint density at radius 3 is 2.89 bits per heavy atom. The molecule has 1 unspecified atom stereocenters. The Labute approximate surface area is 117 Å².